The van der Waals surface area contributed by atoms with Crippen LogP contribution in [0.3, 0.4) is 0 Å². The SMILES string of the molecule is CCCO[C@H]1CCC[C@H]([NH3+])C(=O)O[C@@H](C)[C@@H]1Oc1cccc(Cl)c1.[Cl-]. The molecule has 25 heavy (non-hydrogen) atoms. The van der Waals surface area contributed by atoms with Crippen LogP contribution in [-0.4, -0.2) is 36.9 Å². The maximum absolute atomic E-state index is 12.1. The van der Waals surface area contributed by atoms with Crippen LogP contribution in [0.1, 0.15) is 39.5 Å². The van der Waals surface area contributed by atoms with Gasteiger partial charge in [-0.2, -0.15) is 0 Å². The van der Waals surface area contributed by atoms with Crippen molar-refractivity contribution in [3.8, 4) is 5.75 Å². The molecule has 0 aliphatic carbocycles. The van der Waals surface area contributed by atoms with Gasteiger partial charge in [0.15, 0.2) is 12.1 Å². The van der Waals surface area contributed by atoms with Gasteiger partial charge in [-0.25, -0.2) is 4.79 Å². The highest BCUT2D eigenvalue weighted by Crippen LogP contribution is 2.25. The van der Waals surface area contributed by atoms with Crippen molar-refractivity contribution in [3.63, 3.8) is 0 Å². The number of halogens is 2. The number of hydrogen-bond acceptors (Lipinski definition) is 4. The van der Waals surface area contributed by atoms with Gasteiger partial charge in [0.25, 0.3) is 0 Å². The van der Waals surface area contributed by atoms with Gasteiger partial charge in [-0.05, 0) is 44.4 Å². The molecule has 1 heterocycles. The minimum absolute atomic E-state index is 0. The Bertz CT molecular complexity index is 544. The van der Waals surface area contributed by atoms with Crippen molar-refractivity contribution in [2.24, 2.45) is 0 Å². The van der Waals surface area contributed by atoms with Crippen molar-refractivity contribution in [2.75, 3.05) is 6.61 Å². The van der Waals surface area contributed by atoms with Gasteiger partial charge in [0, 0.05) is 18.1 Å². The predicted molar refractivity (Wildman–Crippen MR) is 92.0 cm³/mol. The van der Waals surface area contributed by atoms with E-state index in [1.165, 1.54) is 0 Å². The van der Waals surface area contributed by atoms with Crippen LogP contribution in [0, 0.1) is 0 Å². The Balaban J connectivity index is 0.00000312. The lowest BCUT2D eigenvalue weighted by molar-refractivity contribution is -0.410. The van der Waals surface area contributed by atoms with E-state index in [0.29, 0.717) is 23.8 Å². The molecule has 4 atom stereocenters. The third kappa shape index (κ3) is 6.66. The Kier molecular flexibility index (Phi) is 9.57. The number of rotatable bonds is 5. The highest BCUT2D eigenvalue weighted by atomic mass is 35.5. The van der Waals surface area contributed by atoms with E-state index in [9.17, 15) is 4.79 Å². The molecule has 1 aliphatic rings. The molecular weight excluding hydrogens is 365 g/mol. The molecule has 5 nitrogen and oxygen atoms in total. The number of benzene rings is 1. The fourth-order valence-electron chi connectivity index (χ4n) is 2.81. The van der Waals surface area contributed by atoms with Crippen LogP contribution in [0.25, 0.3) is 0 Å². The molecule has 0 aromatic heterocycles. The van der Waals surface area contributed by atoms with E-state index in [1.54, 1.807) is 12.1 Å². The maximum Gasteiger partial charge on any atom is 0.365 e. The van der Waals surface area contributed by atoms with Crippen molar-refractivity contribution in [1.29, 1.82) is 0 Å². The molecule has 142 valence electrons. The number of carbonyl (C=O) groups excluding carboxylic acids is 1. The fourth-order valence-corrected chi connectivity index (χ4v) is 2.99. The highest BCUT2D eigenvalue weighted by molar-refractivity contribution is 6.30. The van der Waals surface area contributed by atoms with Crippen LogP contribution in [0.4, 0.5) is 0 Å². The first-order valence-corrected chi connectivity index (χ1v) is 8.96. The van der Waals surface area contributed by atoms with Gasteiger partial charge in [0.2, 0.25) is 0 Å². The quantitative estimate of drug-likeness (QED) is 0.694. The standard InChI is InChI=1S/C18H26ClNO4.ClH/c1-3-10-22-16-9-5-8-15(20)18(21)23-12(2)17(16)24-14-7-4-6-13(19)11-14;/h4,6-7,11-12,15-17H,3,5,8-10,20H2,1-2H3;1H/t12-,15-,16-,17-;/m0./s1. The molecule has 0 saturated carbocycles. The van der Waals surface area contributed by atoms with E-state index in [1.807, 2.05) is 19.1 Å². The average molecular weight is 392 g/mol. The minimum atomic E-state index is -0.430. The predicted octanol–water partition coefficient (Wildman–Crippen LogP) is -0.387. The van der Waals surface area contributed by atoms with Gasteiger partial charge in [0.1, 0.15) is 11.9 Å². The van der Waals surface area contributed by atoms with E-state index in [-0.39, 0.29) is 36.6 Å². The molecule has 0 unspecified atom stereocenters. The number of hydrogen-bond donors (Lipinski definition) is 1. The number of ether oxygens (including phenoxy) is 3. The van der Waals surface area contributed by atoms with Gasteiger partial charge in [-0.1, -0.05) is 24.6 Å². The van der Waals surface area contributed by atoms with Crippen LogP contribution >= 0.6 is 11.6 Å². The molecular formula is C18H27Cl2NO4. The Morgan fingerprint density at radius 2 is 2.12 bits per heavy atom. The first-order chi connectivity index (χ1) is 11.5. The maximum atomic E-state index is 12.1. The smallest absolute Gasteiger partial charge is 0.365 e. The second-order valence-corrected chi connectivity index (χ2v) is 6.66. The van der Waals surface area contributed by atoms with E-state index in [2.05, 4.69) is 12.7 Å². The Morgan fingerprint density at radius 1 is 1.36 bits per heavy atom. The van der Waals surface area contributed by atoms with Gasteiger partial charge in [-0.3, -0.25) is 0 Å². The van der Waals surface area contributed by atoms with E-state index in [4.69, 9.17) is 25.8 Å². The van der Waals surface area contributed by atoms with Crippen LogP contribution in [0.2, 0.25) is 5.02 Å². The van der Waals surface area contributed by atoms with Crippen LogP contribution in [0.15, 0.2) is 24.3 Å². The summed E-state index contributed by atoms with van der Waals surface area (Å²) < 4.78 is 17.7. The fraction of sp³-hybridized carbons (Fsp3) is 0.611. The van der Waals surface area contributed by atoms with Gasteiger partial charge in [-0.15, -0.1) is 0 Å². The lowest BCUT2D eigenvalue weighted by Crippen LogP contribution is -3.00. The van der Waals surface area contributed by atoms with Crippen LogP contribution < -0.4 is 22.9 Å². The summed E-state index contributed by atoms with van der Waals surface area (Å²) in [4.78, 5) is 12.1. The minimum Gasteiger partial charge on any atom is -1.00 e. The molecule has 1 aliphatic heterocycles. The lowest BCUT2D eigenvalue weighted by atomic mass is 10.0. The van der Waals surface area contributed by atoms with Crippen molar-refractivity contribution < 1.29 is 37.1 Å². The Hall–Kier alpha value is -1.01. The summed E-state index contributed by atoms with van der Waals surface area (Å²) in [6.07, 6.45) is 2.31. The second-order valence-electron chi connectivity index (χ2n) is 6.22. The summed E-state index contributed by atoms with van der Waals surface area (Å²) in [5.41, 5.74) is 3.89. The Morgan fingerprint density at radius 3 is 2.80 bits per heavy atom. The summed E-state index contributed by atoms with van der Waals surface area (Å²) in [5.74, 6) is 0.365. The molecule has 1 aromatic carbocycles. The zero-order valence-corrected chi connectivity index (χ0v) is 16.3. The highest BCUT2D eigenvalue weighted by Gasteiger charge is 2.35. The van der Waals surface area contributed by atoms with Crippen molar-refractivity contribution in [1.82, 2.24) is 0 Å². The summed E-state index contributed by atoms with van der Waals surface area (Å²) in [6, 6.07) is 6.87. The first-order valence-electron chi connectivity index (χ1n) is 8.58. The normalized spacial score (nSPS) is 27.3. The van der Waals surface area contributed by atoms with Crippen LogP contribution in [-0.2, 0) is 14.3 Å². The number of quaternary nitrogens is 1. The molecule has 2 rings (SSSR count). The summed E-state index contributed by atoms with van der Waals surface area (Å²) in [7, 11) is 0. The van der Waals surface area contributed by atoms with Gasteiger partial charge >= 0.3 is 5.97 Å². The molecule has 0 radical (unpaired) electrons. The van der Waals surface area contributed by atoms with E-state index >= 15 is 0 Å². The summed E-state index contributed by atoms with van der Waals surface area (Å²) >= 11 is 6.04. The molecule has 7 heteroatoms. The molecule has 1 fully saturated rings. The zero-order valence-electron chi connectivity index (χ0n) is 14.8. The zero-order chi connectivity index (χ0) is 17.5. The van der Waals surface area contributed by atoms with Gasteiger partial charge in [0.05, 0.1) is 6.10 Å². The third-order valence-electron chi connectivity index (χ3n) is 4.11. The van der Waals surface area contributed by atoms with Crippen molar-refractivity contribution in [2.45, 2.75) is 63.9 Å². The number of carbonyl (C=O) groups is 1. The lowest BCUT2D eigenvalue weighted by Gasteiger charge is -2.31. The molecule has 3 N–H and O–H groups in total. The number of cyclic esters (lactones) is 1. The van der Waals surface area contributed by atoms with Crippen molar-refractivity contribution in [3.05, 3.63) is 29.3 Å². The van der Waals surface area contributed by atoms with E-state index in [0.717, 1.165) is 19.3 Å². The topological polar surface area (TPSA) is 72.4 Å². The Labute approximate surface area is 160 Å². The summed E-state index contributed by atoms with van der Waals surface area (Å²) in [6.45, 7) is 4.55. The first kappa shape index (κ1) is 22.0. The van der Waals surface area contributed by atoms with E-state index < -0.39 is 6.10 Å². The molecule has 1 aromatic rings. The molecule has 0 spiro atoms. The average Bonchev–Trinajstić information content (AvgIpc) is 2.59. The van der Waals surface area contributed by atoms with Crippen molar-refractivity contribution >= 4 is 17.6 Å². The van der Waals surface area contributed by atoms with Gasteiger partial charge < -0.3 is 32.4 Å². The largest absolute Gasteiger partial charge is 1.00 e. The molecule has 0 amide bonds. The van der Waals surface area contributed by atoms with Crippen LogP contribution in [0.5, 0.6) is 5.75 Å². The molecule has 0 bridgehead atoms. The summed E-state index contributed by atoms with van der Waals surface area (Å²) in [5, 5.41) is 0.601. The molecule has 1 saturated heterocycles. The second kappa shape index (κ2) is 10.9. The third-order valence-corrected chi connectivity index (χ3v) is 4.35. The monoisotopic (exact) mass is 391 g/mol. The number of esters is 1.